The number of fused-ring (bicyclic) bond motifs is 3. The summed E-state index contributed by atoms with van der Waals surface area (Å²) in [5.41, 5.74) is 8.86. The number of nitrogens with zero attached hydrogens (tertiary/aromatic N) is 1. The van der Waals surface area contributed by atoms with Gasteiger partial charge in [-0.1, -0.05) is 60.3 Å². The summed E-state index contributed by atoms with van der Waals surface area (Å²) < 4.78 is 8.37. The number of carbonyl (C=O) groups excluding carboxylic acids is 1. The van der Waals surface area contributed by atoms with Gasteiger partial charge >= 0.3 is 0 Å². The summed E-state index contributed by atoms with van der Waals surface area (Å²) in [4.78, 5) is 12.2. The van der Waals surface area contributed by atoms with Gasteiger partial charge in [0.2, 0.25) is 5.71 Å². The molecule has 2 fully saturated rings. The third-order valence-corrected chi connectivity index (χ3v) is 5.69. The Kier molecular flexibility index (Phi) is 3.86. The normalized spacial score (nSPS) is 22.3. The molecule has 1 aliphatic heterocycles. The highest BCUT2D eigenvalue weighted by molar-refractivity contribution is 6.22. The standard InChI is InChI=1S/C22H22N2O2/c25-20-14-21(26-15-8-2-1-3-9-15)24(23-20)22-18-12-6-4-10-16(18)17-11-5-7-13-19(17)22/h4-7,10-13,15,21H,1-3,8-9,14H2/p+1. The van der Waals surface area contributed by atoms with Crippen LogP contribution in [0.2, 0.25) is 0 Å². The fourth-order valence-electron chi connectivity index (χ4n) is 4.49. The lowest BCUT2D eigenvalue weighted by Gasteiger charge is -2.23. The van der Waals surface area contributed by atoms with Gasteiger partial charge in [-0.05, 0) is 36.1 Å². The molecule has 0 radical (unpaired) electrons. The first-order valence-electron chi connectivity index (χ1n) is 9.61. The molecule has 1 amide bonds. The predicted molar refractivity (Wildman–Crippen MR) is 99.9 cm³/mol. The number of hydrazine groups is 1. The third-order valence-electron chi connectivity index (χ3n) is 5.69. The van der Waals surface area contributed by atoms with Crippen molar-refractivity contribution < 1.29 is 14.2 Å². The van der Waals surface area contributed by atoms with Gasteiger partial charge in [0.25, 0.3) is 12.1 Å². The number of carbonyl (C=O) groups is 1. The summed E-state index contributed by atoms with van der Waals surface area (Å²) in [5.74, 6) is 0.0279. The monoisotopic (exact) mass is 347 g/mol. The van der Waals surface area contributed by atoms with E-state index in [4.69, 9.17) is 4.74 Å². The smallest absolute Gasteiger partial charge is 0.295 e. The van der Waals surface area contributed by atoms with Crippen molar-refractivity contribution in [1.29, 1.82) is 0 Å². The highest BCUT2D eigenvalue weighted by atomic mass is 16.5. The van der Waals surface area contributed by atoms with Crippen molar-refractivity contribution in [2.45, 2.75) is 50.9 Å². The van der Waals surface area contributed by atoms with Gasteiger partial charge in [-0.3, -0.25) is 4.79 Å². The zero-order chi connectivity index (χ0) is 17.5. The molecule has 0 aromatic heterocycles. The minimum atomic E-state index is -0.236. The van der Waals surface area contributed by atoms with Crippen LogP contribution in [0.3, 0.4) is 0 Å². The predicted octanol–water partition coefficient (Wildman–Crippen LogP) is 3.63. The maximum absolute atomic E-state index is 12.2. The fourth-order valence-corrected chi connectivity index (χ4v) is 4.49. The number of hydrazone groups is 1. The van der Waals surface area contributed by atoms with Crippen LogP contribution in [-0.4, -0.2) is 28.6 Å². The van der Waals surface area contributed by atoms with Gasteiger partial charge in [0.05, 0.1) is 17.2 Å². The molecule has 1 saturated carbocycles. The van der Waals surface area contributed by atoms with Gasteiger partial charge < -0.3 is 4.74 Å². The molecular weight excluding hydrogens is 324 g/mol. The van der Waals surface area contributed by atoms with Crippen LogP contribution < -0.4 is 5.43 Å². The van der Waals surface area contributed by atoms with E-state index in [1.54, 1.807) is 0 Å². The molecule has 1 saturated heterocycles. The van der Waals surface area contributed by atoms with Crippen molar-refractivity contribution in [3.8, 4) is 11.1 Å². The van der Waals surface area contributed by atoms with Crippen LogP contribution in [0.4, 0.5) is 0 Å². The SMILES string of the molecule is O=C1CC(OC2CCCCC2)[N+](=C2c3ccccc3-c3ccccc32)N1. The summed E-state index contributed by atoms with van der Waals surface area (Å²) in [6.07, 6.45) is 6.36. The zero-order valence-electron chi connectivity index (χ0n) is 14.8. The average Bonchev–Trinajstić information content (AvgIpc) is 3.20. The minimum absolute atomic E-state index is 0.0279. The van der Waals surface area contributed by atoms with E-state index >= 15 is 0 Å². The van der Waals surface area contributed by atoms with E-state index in [-0.39, 0.29) is 18.2 Å². The van der Waals surface area contributed by atoms with Crippen LogP contribution in [0.1, 0.15) is 49.7 Å². The summed E-state index contributed by atoms with van der Waals surface area (Å²) in [7, 11) is 0. The van der Waals surface area contributed by atoms with Crippen LogP contribution in [0.15, 0.2) is 48.5 Å². The van der Waals surface area contributed by atoms with Crippen LogP contribution in [0, 0.1) is 0 Å². The Hall–Kier alpha value is -2.46. The molecule has 1 atom stereocenters. The fraction of sp³-hybridized carbons (Fsp3) is 0.364. The van der Waals surface area contributed by atoms with Crippen LogP contribution in [0.25, 0.3) is 11.1 Å². The Morgan fingerprint density at radius 1 is 0.846 bits per heavy atom. The Balaban J connectivity index is 1.61. The number of hydrogen-bond acceptors (Lipinski definition) is 2. The highest BCUT2D eigenvalue weighted by Gasteiger charge is 2.43. The van der Waals surface area contributed by atoms with Gasteiger partial charge in [0, 0.05) is 0 Å². The molecule has 1 unspecified atom stereocenters. The lowest BCUT2D eigenvalue weighted by Crippen LogP contribution is -2.38. The number of rotatable bonds is 2. The molecule has 4 heteroatoms. The maximum Gasteiger partial charge on any atom is 0.295 e. The molecular formula is C22H23N2O2+. The highest BCUT2D eigenvalue weighted by Crippen LogP contribution is 2.37. The van der Waals surface area contributed by atoms with Gasteiger partial charge in [0.1, 0.15) is 6.42 Å². The van der Waals surface area contributed by atoms with E-state index < -0.39 is 0 Å². The molecule has 2 aromatic rings. The molecule has 3 aliphatic rings. The van der Waals surface area contributed by atoms with Crippen molar-refractivity contribution >= 4 is 11.6 Å². The number of benzene rings is 2. The number of nitrogens with one attached hydrogen (secondary N) is 1. The van der Waals surface area contributed by atoms with E-state index in [1.807, 2.05) is 4.68 Å². The molecule has 4 nitrogen and oxygen atoms in total. The van der Waals surface area contributed by atoms with Crippen LogP contribution in [-0.2, 0) is 9.53 Å². The van der Waals surface area contributed by atoms with E-state index in [9.17, 15) is 4.79 Å². The number of hydrogen-bond donors (Lipinski definition) is 1. The van der Waals surface area contributed by atoms with Crippen molar-refractivity contribution in [3.63, 3.8) is 0 Å². The Bertz CT molecular complexity index is 849. The number of ether oxygens (including phenoxy) is 1. The van der Waals surface area contributed by atoms with Gasteiger partial charge in [-0.15, -0.1) is 5.43 Å². The zero-order valence-corrected chi connectivity index (χ0v) is 14.8. The van der Waals surface area contributed by atoms with Gasteiger partial charge in [0.15, 0.2) is 0 Å². The largest absolute Gasteiger partial charge is 0.315 e. The molecule has 2 aliphatic carbocycles. The van der Waals surface area contributed by atoms with Gasteiger partial charge in [-0.2, -0.15) is 0 Å². The third kappa shape index (κ3) is 2.56. The molecule has 1 N–H and O–H groups in total. The number of amides is 1. The first-order valence-corrected chi connectivity index (χ1v) is 9.61. The summed E-state index contributed by atoms with van der Waals surface area (Å²) in [6, 6.07) is 16.8. The second kappa shape index (κ2) is 6.36. The topological polar surface area (TPSA) is 41.3 Å². The first kappa shape index (κ1) is 15.8. The molecule has 0 spiro atoms. The van der Waals surface area contributed by atoms with Crippen LogP contribution in [0.5, 0.6) is 0 Å². The van der Waals surface area contributed by atoms with Crippen molar-refractivity contribution in [1.82, 2.24) is 5.43 Å². The van der Waals surface area contributed by atoms with E-state index in [0.717, 1.165) is 29.7 Å². The molecule has 26 heavy (non-hydrogen) atoms. The lowest BCUT2D eigenvalue weighted by atomic mass is 9.98. The molecule has 0 bridgehead atoms. The summed E-state index contributed by atoms with van der Waals surface area (Å²) in [5, 5.41) is 0. The van der Waals surface area contributed by atoms with Crippen molar-refractivity contribution in [2.75, 3.05) is 0 Å². The second-order valence-corrected chi connectivity index (χ2v) is 7.40. The average molecular weight is 347 g/mol. The quantitative estimate of drug-likeness (QED) is 0.719. The summed E-state index contributed by atoms with van der Waals surface area (Å²) in [6.45, 7) is 0. The lowest BCUT2D eigenvalue weighted by molar-refractivity contribution is -0.637. The van der Waals surface area contributed by atoms with E-state index in [1.165, 1.54) is 30.4 Å². The molecule has 132 valence electrons. The van der Waals surface area contributed by atoms with Crippen LogP contribution >= 0.6 is 0 Å². The maximum atomic E-state index is 12.2. The van der Waals surface area contributed by atoms with E-state index in [2.05, 4.69) is 54.0 Å². The Morgan fingerprint density at radius 2 is 1.42 bits per heavy atom. The molecule has 5 rings (SSSR count). The van der Waals surface area contributed by atoms with Crippen molar-refractivity contribution in [3.05, 3.63) is 59.7 Å². The van der Waals surface area contributed by atoms with Gasteiger partial charge in [-0.25, -0.2) is 0 Å². The first-order chi connectivity index (χ1) is 12.8. The molecule has 2 aromatic carbocycles. The van der Waals surface area contributed by atoms with Crippen molar-refractivity contribution in [2.24, 2.45) is 0 Å². The Morgan fingerprint density at radius 3 is 2.04 bits per heavy atom. The summed E-state index contributed by atoms with van der Waals surface area (Å²) >= 11 is 0. The minimum Gasteiger partial charge on any atom is -0.315 e. The second-order valence-electron chi connectivity index (χ2n) is 7.40. The molecule has 1 heterocycles. The van der Waals surface area contributed by atoms with E-state index in [0.29, 0.717) is 6.42 Å². The Labute approximate surface area is 153 Å².